The van der Waals surface area contributed by atoms with Crippen LogP contribution in [0.15, 0.2) is 64.5 Å². The van der Waals surface area contributed by atoms with E-state index in [0.717, 1.165) is 37.1 Å². The number of sulfonamides is 1. The van der Waals surface area contributed by atoms with Crippen LogP contribution >= 0.6 is 0 Å². The van der Waals surface area contributed by atoms with Gasteiger partial charge in [-0.2, -0.15) is 4.31 Å². The molecule has 1 saturated carbocycles. The molecule has 2 aromatic rings. The number of nitrogens with zero attached hydrogens (tertiary/aromatic N) is 2. The maximum absolute atomic E-state index is 13.6. The lowest BCUT2D eigenvalue weighted by atomic mass is 9.88. The molecule has 0 aromatic heterocycles. The van der Waals surface area contributed by atoms with Crippen LogP contribution in [0.25, 0.3) is 0 Å². The highest BCUT2D eigenvalue weighted by molar-refractivity contribution is 7.89. The first-order valence-corrected chi connectivity index (χ1v) is 14.2. The van der Waals surface area contributed by atoms with Gasteiger partial charge in [-0.3, -0.25) is 14.6 Å². The Morgan fingerprint density at radius 1 is 1.00 bits per heavy atom. The maximum Gasteiger partial charge on any atom is 0.253 e. The van der Waals surface area contributed by atoms with Crippen LogP contribution < -0.4 is 10.6 Å². The predicted octanol–water partition coefficient (Wildman–Crippen LogP) is 3.25. The van der Waals surface area contributed by atoms with Crippen molar-refractivity contribution >= 4 is 27.7 Å². The number of amides is 2. The van der Waals surface area contributed by atoms with Crippen molar-refractivity contribution in [3.05, 3.63) is 65.7 Å². The molecule has 0 bridgehead atoms. The van der Waals surface area contributed by atoms with Crippen molar-refractivity contribution in [1.82, 2.24) is 14.9 Å². The highest BCUT2D eigenvalue weighted by Gasteiger charge is 2.48. The van der Waals surface area contributed by atoms with E-state index in [1.165, 1.54) is 22.9 Å². The summed E-state index contributed by atoms with van der Waals surface area (Å²) in [5.74, 6) is 0.533. The van der Waals surface area contributed by atoms with Crippen molar-refractivity contribution in [2.24, 2.45) is 10.9 Å². The van der Waals surface area contributed by atoms with E-state index in [1.54, 1.807) is 12.1 Å². The Balaban J connectivity index is 1.29. The Morgan fingerprint density at radius 3 is 2.39 bits per heavy atom. The third-order valence-corrected chi connectivity index (χ3v) is 9.54. The van der Waals surface area contributed by atoms with Gasteiger partial charge in [0.1, 0.15) is 11.4 Å². The van der Waals surface area contributed by atoms with E-state index >= 15 is 0 Å². The van der Waals surface area contributed by atoms with Gasteiger partial charge in [-0.1, -0.05) is 61.7 Å². The molecule has 3 aliphatic rings. The molecule has 2 fully saturated rings. The van der Waals surface area contributed by atoms with Gasteiger partial charge < -0.3 is 10.6 Å². The molecule has 36 heavy (non-hydrogen) atoms. The summed E-state index contributed by atoms with van der Waals surface area (Å²) < 4.78 is 28.6. The van der Waals surface area contributed by atoms with E-state index in [4.69, 9.17) is 4.99 Å². The zero-order chi connectivity index (χ0) is 25.2. The number of benzene rings is 2. The fraction of sp³-hybridized carbons (Fsp3) is 0.444. The van der Waals surface area contributed by atoms with Crippen molar-refractivity contribution in [3.63, 3.8) is 0 Å². The Hall–Kier alpha value is -3.04. The third kappa shape index (κ3) is 4.82. The van der Waals surface area contributed by atoms with Crippen molar-refractivity contribution in [2.45, 2.75) is 61.9 Å². The number of piperidine rings is 1. The minimum atomic E-state index is -3.93. The molecule has 9 heteroatoms. The first-order chi connectivity index (χ1) is 17.4. The normalized spacial score (nSPS) is 20.7. The summed E-state index contributed by atoms with van der Waals surface area (Å²) in [6, 6.07) is 15.7. The van der Waals surface area contributed by atoms with E-state index in [1.807, 2.05) is 30.3 Å². The number of nitrogens with one attached hydrogen (secondary N) is 2. The number of hydrogen-bond donors (Lipinski definition) is 2. The highest BCUT2D eigenvalue weighted by atomic mass is 32.2. The second kappa shape index (κ2) is 10.1. The summed E-state index contributed by atoms with van der Waals surface area (Å²) in [4.78, 5) is 30.7. The van der Waals surface area contributed by atoms with Gasteiger partial charge in [-0.15, -0.1) is 0 Å². The average molecular weight is 509 g/mol. The summed E-state index contributed by atoms with van der Waals surface area (Å²) in [7, 11) is -3.93. The summed E-state index contributed by atoms with van der Waals surface area (Å²) in [6.07, 6.45) is 6.26. The molecule has 1 spiro atoms. The second-order valence-electron chi connectivity index (χ2n) is 9.89. The van der Waals surface area contributed by atoms with Crippen LogP contribution in [-0.2, 0) is 21.4 Å². The highest BCUT2D eigenvalue weighted by Crippen LogP contribution is 2.35. The fourth-order valence-corrected chi connectivity index (χ4v) is 7.07. The first kappa shape index (κ1) is 24.6. The largest absolute Gasteiger partial charge is 0.348 e. The van der Waals surface area contributed by atoms with E-state index in [9.17, 15) is 18.0 Å². The van der Waals surface area contributed by atoms with Crippen molar-refractivity contribution < 1.29 is 18.0 Å². The number of carbonyl (C=O) groups is 2. The zero-order valence-corrected chi connectivity index (χ0v) is 21.1. The molecule has 2 N–H and O–H groups in total. The van der Waals surface area contributed by atoms with Gasteiger partial charge in [0.15, 0.2) is 0 Å². The summed E-state index contributed by atoms with van der Waals surface area (Å²) >= 11 is 0. The van der Waals surface area contributed by atoms with Gasteiger partial charge in [0.2, 0.25) is 10.0 Å². The fourth-order valence-electron chi connectivity index (χ4n) is 5.44. The Morgan fingerprint density at radius 2 is 1.67 bits per heavy atom. The first-order valence-electron chi connectivity index (χ1n) is 12.7. The lowest BCUT2D eigenvalue weighted by Gasteiger charge is -2.35. The minimum absolute atomic E-state index is 0.0196. The van der Waals surface area contributed by atoms with E-state index in [2.05, 4.69) is 10.6 Å². The number of amidine groups is 1. The molecular formula is C27H32N4O4S. The Labute approximate surface area is 212 Å². The topological polar surface area (TPSA) is 108 Å². The quantitative estimate of drug-likeness (QED) is 0.624. The molecule has 2 aromatic carbocycles. The molecule has 1 saturated heterocycles. The molecule has 190 valence electrons. The smallest absolute Gasteiger partial charge is 0.253 e. The van der Waals surface area contributed by atoms with Gasteiger partial charge >= 0.3 is 0 Å². The number of hydrogen-bond acceptors (Lipinski definition) is 5. The van der Waals surface area contributed by atoms with Gasteiger partial charge in [0.05, 0.1) is 10.5 Å². The number of carbonyl (C=O) groups excluding carboxylic acids is 2. The predicted molar refractivity (Wildman–Crippen MR) is 137 cm³/mol. The molecule has 0 atom stereocenters. The van der Waals surface area contributed by atoms with Gasteiger partial charge in [0.25, 0.3) is 11.8 Å². The van der Waals surface area contributed by atoms with Crippen molar-refractivity contribution in [3.8, 4) is 0 Å². The van der Waals surface area contributed by atoms with Crippen LogP contribution in [0.5, 0.6) is 0 Å². The lowest BCUT2D eigenvalue weighted by molar-refractivity contribution is -0.125. The zero-order valence-electron chi connectivity index (χ0n) is 20.3. The average Bonchev–Trinajstić information content (AvgIpc) is 3.23. The Bertz CT molecular complexity index is 1260. The van der Waals surface area contributed by atoms with Crippen LogP contribution in [0.2, 0.25) is 0 Å². The number of rotatable bonds is 6. The van der Waals surface area contributed by atoms with E-state index in [-0.39, 0.29) is 29.5 Å². The number of aliphatic imine (C=N–C) groups is 1. The standard InChI is InChI=1S/C27H32N4O4S/c32-25(28-19-20-9-3-1-4-10-20)22-13-7-8-14-23(22)36(34,35)31-17-15-27(16-18-31)26(33)29-24(30-27)21-11-5-2-6-12-21/h1,3-4,7-10,13-14,21H,2,5-6,11-12,15-19H2,(H,28,32)(H,29,30,33). The van der Waals surface area contributed by atoms with Gasteiger partial charge in [-0.05, 0) is 43.4 Å². The molecule has 0 radical (unpaired) electrons. The van der Waals surface area contributed by atoms with Crippen LogP contribution in [0.4, 0.5) is 0 Å². The van der Waals surface area contributed by atoms with Crippen molar-refractivity contribution in [2.75, 3.05) is 13.1 Å². The van der Waals surface area contributed by atoms with Gasteiger partial charge in [-0.25, -0.2) is 8.42 Å². The molecule has 1 aliphatic carbocycles. The van der Waals surface area contributed by atoms with E-state index in [0.29, 0.717) is 25.3 Å². The molecule has 0 unspecified atom stereocenters. The summed E-state index contributed by atoms with van der Waals surface area (Å²) in [6.45, 7) is 0.658. The molecule has 2 amide bonds. The van der Waals surface area contributed by atoms with Crippen LogP contribution in [0.1, 0.15) is 60.9 Å². The molecular weight excluding hydrogens is 476 g/mol. The molecule has 2 aliphatic heterocycles. The molecule has 2 heterocycles. The van der Waals surface area contributed by atoms with Crippen LogP contribution in [0, 0.1) is 5.92 Å². The third-order valence-electron chi connectivity index (χ3n) is 7.59. The lowest BCUT2D eigenvalue weighted by Crippen LogP contribution is -2.50. The second-order valence-corrected chi connectivity index (χ2v) is 11.8. The van der Waals surface area contributed by atoms with Crippen LogP contribution in [-0.4, -0.2) is 49.0 Å². The Kier molecular flexibility index (Phi) is 6.94. The molecule has 5 rings (SSSR count). The van der Waals surface area contributed by atoms with Crippen LogP contribution in [0.3, 0.4) is 0 Å². The maximum atomic E-state index is 13.6. The van der Waals surface area contributed by atoms with E-state index < -0.39 is 21.5 Å². The SMILES string of the molecule is O=C(NCc1ccccc1)c1ccccc1S(=O)(=O)N1CCC2(CC1)N=C(C1CCCCC1)NC2=O. The monoisotopic (exact) mass is 508 g/mol. The molecule has 8 nitrogen and oxygen atoms in total. The van der Waals surface area contributed by atoms with Gasteiger partial charge in [0, 0.05) is 25.6 Å². The van der Waals surface area contributed by atoms with Crippen molar-refractivity contribution in [1.29, 1.82) is 0 Å². The summed E-state index contributed by atoms with van der Waals surface area (Å²) in [5.41, 5.74) is 0.159. The summed E-state index contributed by atoms with van der Waals surface area (Å²) in [5, 5.41) is 5.83. The minimum Gasteiger partial charge on any atom is -0.348 e.